The van der Waals surface area contributed by atoms with Gasteiger partial charge < -0.3 is 14.8 Å². The SMILES string of the molecule is O=C(O)c1cn(C[C@@H]2CCCN2Cc2ccccc2-c2ccccc2)cc(O)c1=O. The van der Waals surface area contributed by atoms with Crippen molar-refractivity contribution in [1.82, 2.24) is 9.47 Å². The Morgan fingerprint density at radius 3 is 2.53 bits per heavy atom. The minimum Gasteiger partial charge on any atom is -0.503 e. The fraction of sp³-hybridized carbons (Fsp3) is 0.250. The van der Waals surface area contributed by atoms with Crippen molar-refractivity contribution in [2.75, 3.05) is 6.54 Å². The van der Waals surface area contributed by atoms with E-state index < -0.39 is 22.7 Å². The first-order chi connectivity index (χ1) is 14.5. The van der Waals surface area contributed by atoms with E-state index in [1.165, 1.54) is 29.1 Å². The number of carboxylic acids is 1. The van der Waals surface area contributed by atoms with Crippen molar-refractivity contribution in [2.24, 2.45) is 0 Å². The van der Waals surface area contributed by atoms with Crippen molar-refractivity contribution < 1.29 is 15.0 Å². The van der Waals surface area contributed by atoms with Crippen molar-refractivity contribution in [1.29, 1.82) is 0 Å². The molecule has 0 bridgehead atoms. The standard InChI is InChI=1S/C24H24N2O4/c27-22-16-25(15-21(23(22)28)24(29)30)14-19-10-6-12-26(19)13-18-9-4-5-11-20(18)17-7-2-1-3-8-17/h1-5,7-9,11,15-16,19,27H,6,10,12-14H2,(H,29,30)/t19-/m0/s1. The smallest absolute Gasteiger partial charge is 0.341 e. The van der Waals surface area contributed by atoms with Gasteiger partial charge in [0.15, 0.2) is 5.75 Å². The number of likely N-dealkylation sites (tertiary alicyclic amines) is 1. The molecule has 4 rings (SSSR count). The van der Waals surface area contributed by atoms with E-state index in [1.807, 2.05) is 30.3 Å². The summed E-state index contributed by atoms with van der Waals surface area (Å²) < 4.78 is 1.62. The van der Waals surface area contributed by atoms with Crippen molar-refractivity contribution >= 4 is 5.97 Å². The maximum atomic E-state index is 11.8. The van der Waals surface area contributed by atoms with Crippen LogP contribution in [0, 0.1) is 0 Å². The second kappa shape index (κ2) is 8.55. The van der Waals surface area contributed by atoms with Gasteiger partial charge in [-0.15, -0.1) is 0 Å². The molecule has 0 radical (unpaired) electrons. The molecular formula is C24H24N2O4. The van der Waals surface area contributed by atoms with Gasteiger partial charge in [0, 0.05) is 31.5 Å². The number of aromatic nitrogens is 1. The third kappa shape index (κ3) is 4.14. The number of aromatic hydroxyl groups is 1. The zero-order chi connectivity index (χ0) is 21.1. The summed E-state index contributed by atoms with van der Waals surface area (Å²) >= 11 is 0. The number of carboxylic acid groups (broad SMARTS) is 1. The second-order valence-electron chi connectivity index (χ2n) is 7.68. The molecule has 1 atom stereocenters. The molecule has 3 aromatic rings. The van der Waals surface area contributed by atoms with E-state index in [-0.39, 0.29) is 6.04 Å². The zero-order valence-electron chi connectivity index (χ0n) is 16.6. The molecule has 1 aliphatic rings. The normalized spacial score (nSPS) is 16.6. The number of hydrogen-bond acceptors (Lipinski definition) is 4. The molecule has 0 saturated carbocycles. The maximum Gasteiger partial charge on any atom is 0.341 e. The van der Waals surface area contributed by atoms with Crippen molar-refractivity contribution in [3.8, 4) is 16.9 Å². The number of rotatable bonds is 6. The maximum absolute atomic E-state index is 11.8. The van der Waals surface area contributed by atoms with E-state index in [0.717, 1.165) is 25.9 Å². The van der Waals surface area contributed by atoms with Crippen LogP contribution in [0.4, 0.5) is 0 Å². The Labute approximate surface area is 174 Å². The molecule has 2 heterocycles. The third-order valence-electron chi connectivity index (χ3n) is 5.69. The summed E-state index contributed by atoms with van der Waals surface area (Å²) in [4.78, 5) is 25.5. The minimum absolute atomic E-state index is 0.192. The summed E-state index contributed by atoms with van der Waals surface area (Å²) in [5.74, 6) is -1.86. The molecule has 0 unspecified atom stereocenters. The summed E-state index contributed by atoms with van der Waals surface area (Å²) in [5, 5.41) is 19.1. The van der Waals surface area contributed by atoms with Crippen LogP contribution in [-0.2, 0) is 13.1 Å². The summed E-state index contributed by atoms with van der Waals surface area (Å²) in [6, 6.07) is 18.9. The predicted octanol–water partition coefficient (Wildman–Crippen LogP) is 3.58. The molecular weight excluding hydrogens is 380 g/mol. The van der Waals surface area contributed by atoms with Crippen molar-refractivity contribution in [3.63, 3.8) is 0 Å². The lowest BCUT2D eigenvalue weighted by molar-refractivity contribution is 0.0693. The van der Waals surface area contributed by atoms with Gasteiger partial charge in [0.1, 0.15) is 5.56 Å². The van der Waals surface area contributed by atoms with Gasteiger partial charge in [-0.2, -0.15) is 0 Å². The Kier molecular flexibility index (Phi) is 5.68. The molecule has 1 saturated heterocycles. The van der Waals surface area contributed by atoms with Gasteiger partial charge in [-0.25, -0.2) is 4.79 Å². The van der Waals surface area contributed by atoms with Crippen LogP contribution in [0.1, 0.15) is 28.8 Å². The Morgan fingerprint density at radius 2 is 1.77 bits per heavy atom. The Balaban J connectivity index is 1.56. The summed E-state index contributed by atoms with van der Waals surface area (Å²) in [5.41, 5.74) is 2.37. The van der Waals surface area contributed by atoms with Crippen LogP contribution in [0.5, 0.6) is 5.75 Å². The largest absolute Gasteiger partial charge is 0.503 e. The predicted molar refractivity (Wildman–Crippen MR) is 115 cm³/mol. The molecule has 0 aliphatic carbocycles. The molecule has 1 fully saturated rings. The first kappa shape index (κ1) is 19.9. The van der Waals surface area contributed by atoms with Crippen LogP contribution >= 0.6 is 0 Å². The van der Waals surface area contributed by atoms with Crippen LogP contribution in [0.3, 0.4) is 0 Å². The number of nitrogens with zero attached hydrogens (tertiary/aromatic N) is 2. The van der Waals surface area contributed by atoms with E-state index in [2.05, 4.69) is 29.2 Å². The highest BCUT2D eigenvalue weighted by molar-refractivity contribution is 5.87. The number of hydrogen-bond donors (Lipinski definition) is 2. The average Bonchev–Trinajstić information content (AvgIpc) is 3.18. The first-order valence-corrected chi connectivity index (χ1v) is 10.1. The number of pyridine rings is 1. The third-order valence-corrected chi connectivity index (χ3v) is 5.69. The molecule has 2 aromatic carbocycles. The lowest BCUT2D eigenvalue weighted by Gasteiger charge is -2.26. The monoisotopic (exact) mass is 404 g/mol. The van der Waals surface area contributed by atoms with Gasteiger partial charge in [0.2, 0.25) is 5.43 Å². The second-order valence-corrected chi connectivity index (χ2v) is 7.68. The van der Waals surface area contributed by atoms with Crippen LogP contribution in [0.25, 0.3) is 11.1 Å². The highest BCUT2D eigenvalue weighted by Crippen LogP contribution is 2.28. The molecule has 1 aliphatic heterocycles. The molecule has 30 heavy (non-hydrogen) atoms. The molecule has 2 N–H and O–H groups in total. The van der Waals surface area contributed by atoms with Gasteiger partial charge in [-0.05, 0) is 36.1 Å². The molecule has 154 valence electrons. The number of benzene rings is 2. The molecule has 6 nitrogen and oxygen atoms in total. The lowest BCUT2D eigenvalue weighted by atomic mass is 9.99. The van der Waals surface area contributed by atoms with Gasteiger partial charge in [-0.3, -0.25) is 9.69 Å². The van der Waals surface area contributed by atoms with E-state index in [9.17, 15) is 19.8 Å². The van der Waals surface area contributed by atoms with E-state index in [1.54, 1.807) is 4.57 Å². The molecule has 0 amide bonds. The van der Waals surface area contributed by atoms with Crippen molar-refractivity contribution in [3.05, 3.63) is 88.3 Å². The fourth-order valence-corrected chi connectivity index (χ4v) is 4.20. The topological polar surface area (TPSA) is 82.8 Å². The molecule has 1 aromatic heterocycles. The van der Waals surface area contributed by atoms with Crippen LogP contribution in [0.15, 0.2) is 71.8 Å². The van der Waals surface area contributed by atoms with Crippen LogP contribution in [-0.4, -0.2) is 38.2 Å². The van der Waals surface area contributed by atoms with E-state index >= 15 is 0 Å². The zero-order valence-corrected chi connectivity index (χ0v) is 16.6. The number of carbonyl (C=O) groups is 1. The molecule has 6 heteroatoms. The Bertz CT molecular complexity index is 1110. The average molecular weight is 404 g/mol. The van der Waals surface area contributed by atoms with Crippen molar-refractivity contribution in [2.45, 2.75) is 32.0 Å². The summed E-state index contributed by atoms with van der Waals surface area (Å²) in [6.07, 6.45) is 4.67. The number of aromatic carboxylic acids is 1. The molecule has 0 spiro atoms. The fourth-order valence-electron chi connectivity index (χ4n) is 4.20. The van der Waals surface area contributed by atoms with Gasteiger partial charge in [0.25, 0.3) is 0 Å². The Hall–Kier alpha value is -3.38. The van der Waals surface area contributed by atoms with Gasteiger partial charge >= 0.3 is 5.97 Å². The lowest BCUT2D eigenvalue weighted by Crippen LogP contribution is -2.33. The Morgan fingerprint density at radius 1 is 1.03 bits per heavy atom. The van der Waals surface area contributed by atoms with E-state index in [4.69, 9.17) is 0 Å². The van der Waals surface area contributed by atoms with Crippen LogP contribution in [0.2, 0.25) is 0 Å². The van der Waals surface area contributed by atoms with E-state index in [0.29, 0.717) is 6.54 Å². The summed E-state index contributed by atoms with van der Waals surface area (Å²) in [6.45, 7) is 2.25. The van der Waals surface area contributed by atoms with Gasteiger partial charge in [0.05, 0.1) is 0 Å². The van der Waals surface area contributed by atoms with Gasteiger partial charge in [-0.1, -0.05) is 54.6 Å². The highest BCUT2D eigenvalue weighted by Gasteiger charge is 2.26. The summed E-state index contributed by atoms with van der Waals surface area (Å²) in [7, 11) is 0. The van der Waals surface area contributed by atoms with Crippen LogP contribution < -0.4 is 5.43 Å². The highest BCUT2D eigenvalue weighted by atomic mass is 16.4. The minimum atomic E-state index is -1.33. The quantitative estimate of drug-likeness (QED) is 0.656. The first-order valence-electron chi connectivity index (χ1n) is 10.1.